The van der Waals surface area contributed by atoms with Crippen LogP contribution in [0.2, 0.25) is 0 Å². The van der Waals surface area contributed by atoms with Crippen LogP contribution < -0.4 is 5.32 Å². The Balaban J connectivity index is 1.37. The van der Waals surface area contributed by atoms with Gasteiger partial charge in [-0.1, -0.05) is 33.2 Å². The fourth-order valence-corrected chi connectivity index (χ4v) is 3.75. The lowest BCUT2D eigenvalue weighted by Crippen LogP contribution is -2.39. The lowest BCUT2D eigenvalue weighted by molar-refractivity contribution is -0.117. The van der Waals surface area contributed by atoms with E-state index in [-0.39, 0.29) is 17.6 Å². The van der Waals surface area contributed by atoms with Gasteiger partial charge in [0.2, 0.25) is 17.6 Å². The maximum absolute atomic E-state index is 13.4. The monoisotopic (exact) mass is 458 g/mol. The molecule has 29 heavy (non-hydrogen) atoms. The van der Waals surface area contributed by atoms with Crippen LogP contribution in [0.5, 0.6) is 0 Å². The van der Waals surface area contributed by atoms with Crippen LogP contribution in [0.25, 0.3) is 11.4 Å². The van der Waals surface area contributed by atoms with E-state index in [1.807, 2.05) is 24.3 Å². The number of carbonyl (C=O) groups is 1. The number of benzene rings is 2. The summed E-state index contributed by atoms with van der Waals surface area (Å²) in [5, 5.41) is 6.91. The number of amides is 1. The van der Waals surface area contributed by atoms with Crippen molar-refractivity contribution in [2.24, 2.45) is 0 Å². The number of carbonyl (C=O) groups excluding carboxylic acids is 1. The second-order valence-corrected chi connectivity index (χ2v) is 8.01. The number of hydrogen-bond acceptors (Lipinski definition) is 5. The first-order valence-electron chi connectivity index (χ1n) is 9.44. The number of hydrogen-bond donors (Lipinski definition) is 1. The molecule has 4 rings (SSSR count). The Morgan fingerprint density at radius 3 is 2.90 bits per heavy atom. The average molecular weight is 459 g/mol. The van der Waals surface area contributed by atoms with Crippen LogP contribution in [0.15, 0.2) is 57.5 Å². The first kappa shape index (κ1) is 19.7. The number of anilines is 1. The van der Waals surface area contributed by atoms with Gasteiger partial charge in [-0.15, -0.1) is 0 Å². The first-order valence-corrected chi connectivity index (χ1v) is 10.2. The summed E-state index contributed by atoms with van der Waals surface area (Å²) < 4.78 is 19.8. The third-order valence-corrected chi connectivity index (χ3v) is 5.40. The van der Waals surface area contributed by atoms with E-state index in [0.717, 1.165) is 29.5 Å². The van der Waals surface area contributed by atoms with Crippen LogP contribution in [0.4, 0.5) is 10.1 Å². The predicted molar refractivity (Wildman–Crippen MR) is 111 cm³/mol. The molecule has 1 aromatic heterocycles. The van der Waals surface area contributed by atoms with Gasteiger partial charge in [-0.05, 0) is 55.8 Å². The van der Waals surface area contributed by atoms with Crippen LogP contribution in [0.1, 0.15) is 24.7 Å². The van der Waals surface area contributed by atoms with E-state index in [1.165, 1.54) is 12.1 Å². The number of likely N-dealkylation sites (tertiary alicyclic amines) is 1. The highest BCUT2D eigenvalue weighted by Gasteiger charge is 2.27. The molecule has 0 bridgehead atoms. The molecule has 1 N–H and O–H groups in total. The van der Waals surface area contributed by atoms with Gasteiger partial charge in [0.25, 0.3) is 0 Å². The number of nitrogens with zero attached hydrogens (tertiary/aromatic N) is 3. The summed E-state index contributed by atoms with van der Waals surface area (Å²) in [4.78, 5) is 18.9. The highest BCUT2D eigenvalue weighted by molar-refractivity contribution is 9.10. The number of aromatic nitrogens is 2. The summed E-state index contributed by atoms with van der Waals surface area (Å²) in [7, 11) is 0. The molecule has 1 unspecified atom stereocenters. The molecule has 0 aliphatic carbocycles. The van der Waals surface area contributed by atoms with E-state index in [1.54, 1.807) is 12.1 Å². The Kier molecular flexibility index (Phi) is 6.01. The van der Waals surface area contributed by atoms with Gasteiger partial charge in [-0.3, -0.25) is 9.69 Å². The third-order valence-electron chi connectivity index (χ3n) is 4.87. The summed E-state index contributed by atoms with van der Waals surface area (Å²) in [5.74, 6) is 0.569. The van der Waals surface area contributed by atoms with Crippen molar-refractivity contribution in [1.82, 2.24) is 15.0 Å². The molecule has 1 amide bonds. The molecule has 6 nitrogen and oxygen atoms in total. The maximum Gasteiger partial charge on any atom is 0.238 e. The smallest absolute Gasteiger partial charge is 0.238 e. The topological polar surface area (TPSA) is 71.3 Å². The van der Waals surface area contributed by atoms with Crippen molar-refractivity contribution in [3.63, 3.8) is 0 Å². The van der Waals surface area contributed by atoms with Crippen LogP contribution >= 0.6 is 15.9 Å². The molecule has 1 atom stereocenters. The van der Waals surface area contributed by atoms with Crippen molar-refractivity contribution in [3.8, 4) is 11.4 Å². The molecule has 3 aromatic rings. The zero-order valence-electron chi connectivity index (χ0n) is 15.6. The van der Waals surface area contributed by atoms with Crippen LogP contribution in [-0.4, -0.2) is 40.6 Å². The summed E-state index contributed by atoms with van der Waals surface area (Å²) in [5.41, 5.74) is 1.35. The van der Waals surface area contributed by atoms with Crippen LogP contribution in [-0.2, 0) is 4.79 Å². The molecule has 2 heterocycles. The minimum Gasteiger partial charge on any atom is -0.339 e. The van der Waals surface area contributed by atoms with Crippen molar-refractivity contribution < 1.29 is 13.7 Å². The minimum atomic E-state index is -0.338. The number of rotatable bonds is 5. The molecular weight excluding hydrogens is 439 g/mol. The second kappa shape index (κ2) is 8.84. The van der Waals surface area contributed by atoms with Crippen LogP contribution in [0.3, 0.4) is 0 Å². The van der Waals surface area contributed by atoms with Gasteiger partial charge < -0.3 is 9.84 Å². The Hall–Kier alpha value is -2.58. The zero-order valence-corrected chi connectivity index (χ0v) is 17.2. The quantitative estimate of drug-likeness (QED) is 0.611. The zero-order chi connectivity index (χ0) is 20.2. The van der Waals surface area contributed by atoms with Crippen molar-refractivity contribution in [2.75, 3.05) is 25.0 Å². The summed E-state index contributed by atoms with van der Waals surface area (Å²) in [6.07, 6.45) is 1.85. The van der Waals surface area contributed by atoms with E-state index in [9.17, 15) is 9.18 Å². The SMILES string of the molecule is O=C(CN1CCCC(c2nc(-c3cccc(F)c3)no2)C1)Nc1ccc(Br)cc1. The Morgan fingerprint density at radius 1 is 1.28 bits per heavy atom. The van der Waals surface area contributed by atoms with Gasteiger partial charge in [-0.2, -0.15) is 4.98 Å². The Morgan fingerprint density at radius 2 is 2.10 bits per heavy atom. The molecule has 2 aromatic carbocycles. The predicted octanol–water partition coefficient (Wildman–Crippen LogP) is 4.46. The van der Waals surface area contributed by atoms with Crippen molar-refractivity contribution in [3.05, 3.63) is 64.7 Å². The van der Waals surface area contributed by atoms with E-state index < -0.39 is 0 Å². The van der Waals surface area contributed by atoms with Crippen LogP contribution in [0, 0.1) is 5.82 Å². The Labute approximate surface area is 176 Å². The highest BCUT2D eigenvalue weighted by Crippen LogP contribution is 2.27. The summed E-state index contributed by atoms with van der Waals surface area (Å²) in [6.45, 7) is 1.81. The lowest BCUT2D eigenvalue weighted by Gasteiger charge is -2.30. The summed E-state index contributed by atoms with van der Waals surface area (Å²) in [6, 6.07) is 13.6. The van der Waals surface area contributed by atoms with E-state index in [4.69, 9.17) is 4.52 Å². The minimum absolute atomic E-state index is 0.0547. The Bertz CT molecular complexity index is 992. The molecule has 150 valence electrons. The second-order valence-electron chi connectivity index (χ2n) is 7.10. The van der Waals surface area contributed by atoms with Crippen molar-refractivity contribution >= 4 is 27.5 Å². The van der Waals surface area contributed by atoms with Crippen molar-refractivity contribution in [1.29, 1.82) is 0 Å². The normalized spacial score (nSPS) is 17.2. The van der Waals surface area contributed by atoms with Gasteiger partial charge in [0, 0.05) is 22.3 Å². The third kappa shape index (κ3) is 5.07. The fraction of sp³-hybridized carbons (Fsp3) is 0.286. The van der Waals surface area contributed by atoms with Gasteiger partial charge in [0.1, 0.15) is 5.82 Å². The largest absolute Gasteiger partial charge is 0.339 e. The lowest BCUT2D eigenvalue weighted by atomic mass is 9.98. The molecule has 8 heteroatoms. The maximum atomic E-state index is 13.4. The number of piperidine rings is 1. The van der Waals surface area contributed by atoms with Gasteiger partial charge in [0.05, 0.1) is 12.5 Å². The van der Waals surface area contributed by atoms with E-state index in [0.29, 0.717) is 30.4 Å². The standard InChI is InChI=1S/C21H20BrFN4O2/c22-16-6-8-18(9-7-16)24-19(28)13-27-10-2-4-15(12-27)21-25-20(26-29-21)14-3-1-5-17(23)11-14/h1,3,5-9,11,15H,2,4,10,12-13H2,(H,24,28). The number of halogens is 2. The molecule has 0 radical (unpaired) electrons. The molecule has 0 spiro atoms. The van der Waals surface area contributed by atoms with E-state index >= 15 is 0 Å². The molecule has 1 fully saturated rings. The summed E-state index contributed by atoms with van der Waals surface area (Å²) >= 11 is 3.38. The van der Waals surface area contributed by atoms with Gasteiger partial charge in [-0.25, -0.2) is 4.39 Å². The van der Waals surface area contributed by atoms with Crippen molar-refractivity contribution in [2.45, 2.75) is 18.8 Å². The molecule has 1 aliphatic heterocycles. The number of nitrogens with one attached hydrogen (secondary N) is 1. The average Bonchev–Trinajstić information content (AvgIpc) is 3.20. The van der Waals surface area contributed by atoms with Gasteiger partial charge in [0.15, 0.2) is 0 Å². The molecule has 1 saturated heterocycles. The molecule has 0 saturated carbocycles. The van der Waals surface area contributed by atoms with Gasteiger partial charge >= 0.3 is 0 Å². The molecule has 1 aliphatic rings. The van der Waals surface area contributed by atoms with E-state index in [2.05, 4.69) is 36.3 Å². The molecular formula is C21H20BrFN4O2. The fourth-order valence-electron chi connectivity index (χ4n) is 3.48. The highest BCUT2D eigenvalue weighted by atomic mass is 79.9. The first-order chi connectivity index (χ1) is 14.1.